The zero-order valence-corrected chi connectivity index (χ0v) is 49.2. The number of hydrogen-bond donors (Lipinski definition) is 8. The van der Waals surface area contributed by atoms with Crippen molar-refractivity contribution in [1.29, 1.82) is 0 Å². The third kappa shape index (κ3) is 16.0. The number of benzene rings is 5. The van der Waals surface area contributed by atoms with E-state index in [4.69, 9.17) is 37.1 Å². The number of methoxy groups -OCH3 is 3. The van der Waals surface area contributed by atoms with Crippen LogP contribution < -0.4 is 58.4 Å². The van der Waals surface area contributed by atoms with Gasteiger partial charge in [0.2, 0.25) is 0 Å². The molecule has 0 fully saturated rings. The Hall–Kier alpha value is -9.78. The topological polar surface area (TPSA) is 298 Å². The molecule has 4 unspecified atom stereocenters. The van der Waals surface area contributed by atoms with Gasteiger partial charge in [-0.05, 0) is 119 Å². The summed E-state index contributed by atoms with van der Waals surface area (Å²) in [6.07, 6.45) is 1.03. The first-order valence-electron chi connectivity index (χ1n) is 26.9. The normalized spacial score (nSPS) is 18.2. The summed E-state index contributed by atoms with van der Waals surface area (Å²) in [5.74, 6) is 3.98. The van der Waals surface area contributed by atoms with Crippen molar-refractivity contribution in [2.24, 2.45) is 48.8 Å². The van der Waals surface area contributed by atoms with Gasteiger partial charge in [0.1, 0.15) is 41.4 Å². The van der Waals surface area contributed by atoms with E-state index in [0.717, 1.165) is 68.5 Å². The number of ketones is 4. The van der Waals surface area contributed by atoms with E-state index in [2.05, 4.69) is 79.3 Å². The molecular weight excluding hydrogens is 1050 g/mol. The average Bonchev–Trinajstić information content (AvgIpc) is 3.55. The monoisotopic (exact) mass is 1120 g/mol. The molecule has 0 aliphatic carbocycles. The van der Waals surface area contributed by atoms with Gasteiger partial charge in [-0.25, -0.2) is 20.0 Å². The number of carbonyl (C=O) groups excluding carboxylic acids is 4. The number of Topliss-reactive ketones (excluding diaryl/α,β-unsaturated/α-hetero) is 4. The lowest BCUT2D eigenvalue weighted by Crippen LogP contribution is -2.36. The highest BCUT2D eigenvalue weighted by Gasteiger charge is 2.31. The maximum Gasteiger partial charge on any atom is 0.194 e. The first-order chi connectivity index (χ1) is 39.5. The van der Waals surface area contributed by atoms with Gasteiger partial charge in [0.05, 0.1) is 27.0 Å². The van der Waals surface area contributed by atoms with Gasteiger partial charge >= 0.3 is 0 Å². The number of rotatable bonds is 14. The molecule has 12 N–H and O–H groups in total. The highest BCUT2D eigenvalue weighted by molar-refractivity contribution is 6.07. The number of hydrogen-bond acceptors (Lipinski definition) is 19. The molecular formula is C64H76N12O7. The molecule has 83 heavy (non-hydrogen) atoms. The van der Waals surface area contributed by atoms with Crippen molar-refractivity contribution in [2.45, 2.75) is 92.9 Å². The second-order valence-corrected chi connectivity index (χ2v) is 20.3. The number of carbonyl (C=O) groups is 4. The van der Waals surface area contributed by atoms with Crippen molar-refractivity contribution in [2.75, 3.05) is 21.3 Å². The number of nitrogens with two attached hydrogens (primary N) is 4. The number of allylic oxidation sites excluding steroid dienone is 3. The summed E-state index contributed by atoms with van der Waals surface area (Å²) in [6.45, 7) is 16.1. The number of nitrogens with zero attached hydrogens (tertiary/aromatic N) is 4. The van der Waals surface area contributed by atoms with Gasteiger partial charge in [-0.2, -0.15) is 0 Å². The SMILES string of the molecule is CC(=O)C1=C(c2ccccc2)NC(N)=NC1c1ccc(CC(C)C)cc1.COc1ccc(C2N=C(N)NC(C)=C2C(C)=O)cc1.COc1cccc(C2N=C(N)NC(C)=C2C(C)=O)c1.COc1ccccc1C1N=C(N)NC(C)=C1C(C)=O. The predicted octanol–water partition coefficient (Wildman–Crippen LogP) is 8.40. The summed E-state index contributed by atoms with van der Waals surface area (Å²) in [6, 6.07) is 39.0. The van der Waals surface area contributed by atoms with Crippen LogP contribution in [0.4, 0.5) is 0 Å². The highest BCUT2D eigenvalue weighted by Crippen LogP contribution is 2.38. The van der Waals surface area contributed by atoms with Crippen LogP contribution >= 0.6 is 0 Å². The molecule has 5 aromatic carbocycles. The Morgan fingerprint density at radius 1 is 0.458 bits per heavy atom. The molecule has 0 amide bonds. The van der Waals surface area contributed by atoms with Gasteiger partial charge in [0.15, 0.2) is 47.0 Å². The minimum Gasteiger partial charge on any atom is -0.497 e. The number of aliphatic imine (C=N–C) groups is 4. The Morgan fingerprint density at radius 2 is 0.880 bits per heavy atom. The van der Waals surface area contributed by atoms with Crippen LogP contribution in [0.3, 0.4) is 0 Å². The number of para-hydroxylation sites is 1. The van der Waals surface area contributed by atoms with Crippen molar-refractivity contribution in [3.05, 3.63) is 200 Å². The Kier molecular flexibility index (Phi) is 21.5. The quantitative estimate of drug-likeness (QED) is 0.0518. The first-order valence-corrected chi connectivity index (χ1v) is 26.9. The zero-order chi connectivity index (χ0) is 60.7. The molecule has 4 atom stereocenters. The standard InChI is InChI=1S/C22H25N3O.3C14H17N3O2/c1-14(2)13-16-9-11-18(12-10-16)21-19(15(3)26)20(24-22(23)25-21)17-7-5-4-6-8-17;1-8-12(9(2)18)13(17-14(15)16-8)10-4-6-11(19-3)7-5-10;1-8-12(9(2)18)13(17-14(15)16-8)10-5-4-6-11(7-10)19-3;1-8-12(9(2)18)13(17-14(15)16-8)10-6-4-5-7-11(10)19-3/h4-12,14,21H,13H2,1-3H3,(H3,23,24,25);3*4-7,13H,1-3H3,(H3,15,16,17). The van der Waals surface area contributed by atoms with Gasteiger partial charge in [0, 0.05) is 44.9 Å². The Labute approximate surface area is 485 Å². The summed E-state index contributed by atoms with van der Waals surface area (Å²) < 4.78 is 15.7. The van der Waals surface area contributed by atoms with Crippen molar-refractivity contribution in [3.8, 4) is 17.2 Å². The fraction of sp³-hybridized carbons (Fsp3) is 0.281. The number of nitrogens with one attached hydrogen (secondary N) is 4. The Morgan fingerprint density at radius 3 is 1.35 bits per heavy atom. The van der Waals surface area contributed by atoms with E-state index < -0.39 is 12.1 Å². The van der Waals surface area contributed by atoms with E-state index >= 15 is 0 Å². The van der Waals surface area contributed by atoms with Crippen LogP contribution in [0, 0.1) is 5.92 Å². The van der Waals surface area contributed by atoms with E-state index in [9.17, 15) is 19.2 Å². The minimum absolute atomic E-state index is 0.0103. The molecule has 9 rings (SSSR count). The van der Waals surface area contributed by atoms with Gasteiger partial charge in [0.25, 0.3) is 0 Å². The molecule has 0 saturated carbocycles. The fourth-order valence-electron chi connectivity index (χ4n) is 9.99. The lowest BCUT2D eigenvalue weighted by molar-refractivity contribution is -0.114. The van der Waals surface area contributed by atoms with Crippen LogP contribution in [0.1, 0.15) is 120 Å². The van der Waals surface area contributed by atoms with E-state index in [1.54, 1.807) is 28.3 Å². The maximum atomic E-state index is 12.5. The molecule has 0 aromatic heterocycles. The van der Waals surface area contributed by atoms with E-state index in [1.165, 1.54) is 26.3 Å². The van der Waals surface area contributed by atoms with Gasteiger partial charge < -0.3 is 58.4 Å². The molecule has 0 saturated heterocycles. The van der Waals surface area contributed by atoms with E-state index in [-0.39, 0.29) is 35.2 Å². The summed E-state index contributed by atoms with van der Waals surface area (Å²) in [5, 5.41) is 11.8. The predicted molar refractivity (Wildman–Crippen MR) is 328 cm³/mol. The summed E-state index contributed by atoms with van der Waals surface area (Å²) >= 11 is 0. The van der Waals surface area contributed by atoms with Crippen molar-refractivity contribution < 1.29 is 33.4 Å². The van der Waals surface area contributed by atoms with Crippen LogP contribution in [0.2, 0.25) is 0 Å². The van der Waals surface area contributed by atoms with Gasteiger partial charge in [-0.1, -0.05) is 111 Å². The van der Waals surface area contributed by atoms with E-state index in [0.29, 0.717) is 57.8 Å². The Balaban J connectivity index is 0.000000180. The Bertz CT molecular complexity index is 3470. The first kappa shape index (κ1) is 62.4. The second-order valence-electron chi connectivity index (χ2n) is 20.3. The lowest BCUT2D eigenvalue weighted by Gasteiger charge is -2.26. The molecule has 434 valence electrons. The molecule has 0 radical (unpaired) electrons. The second kappa shape index (κ2) is 28.6. The molecule has 4 heterocycles. The molecule has 0 bridgehead atoms. The van der Waals surface area contributed by atoms with Crippen molar-refractivity contribution in [1.82, 2.24) is 21.3 Å². The minimum atomic E-state index is -0.421. The van der Waals surface area contributed by atoms with Crippen LogP contribution in [0.25, 0.3) is 5.70 Å². The lowest BCUT2D eigenvalue weighted by atomic mass is 9.90. The fourth-order valence-corrected chi connectivity index (χ4v) is 9.99. The molecule has 19 nitrogen and oxygen atoms in total. The van der Waals surface area contributed by atoms with Crippen LogP contribution in [-0.2, 0) is 25.6 Å². The number of ether oxygens (including phenoxy) is 3. The molecule has 4 aliphatic heterocycles. The summed E-state index contributed by atoms with van der Waals surface area (Å²) in [4.78, 5) is 65.5. The largest absolute Gasteiger partial charge is 0.497 e. The third-order valence-corrected chi connectivity index (χ3v) is 13.6. The zero-order valence-electron chi connectivity index (χ0n) is 49.2. The van der Waals surface area contributed by atoms with Gasteiger partial charge in [-0.3, -0.25) is 19.2 Å². The van der Waals surface area contributed by atoms with Crippen molar-refractivity contribution in [3.63, 3.8) is 0 Å². The molecule has 4 aliphatic rings. The van der Waals surface area contributed by atoms with Gasteiger partial charge in [-0.15, -0.1) is 0 Å². The van der Waals surface area contributed by atoms with E-state index in [1.807, 2.05) is 124 Å². The van der Waals surface area contributed by atoms with Crippen LogP contribution in [-0.4, -0.2) is 68.3 Å². The average molecular weight is 1130 g/mol. The summed E-state index contributed by atoms with van der Waals surface area (Å²) in [7, 11) is 4.81. The molecule has 19 heteroatoms. The van der Waals surface area contributed by atoms with Crippen molar-refractivity contribution >= 4 is 52.7 Å². The van der Waals surface area contributed by atoms with Crippen LogP contribution in [0.5, 0.6) is 17.2 Å². The van der Waals surface area contributed by atoms with Crippen LogP contribution in [0.15, 0.2) is 187 Å². The number of guanidine groups is 4. The highest BCUT2D eigenvalue weighted by atomic mass is 16.5. The molecule has 5 aromatic rings. The smallest absolute Gasteiger partial charge is 0.194 e. The molecule has 0 spiro atoms. The third-order valence-electron chi connectivity index (χ3n) is 13.6. The maximum absolute atomic E-state index is 12.5. The summed E-state index contributed by atoms with van der Waals surface area (Å²) in [5.41, 5.74) is 34.6.